The third-order valence-corrected chi connectivity index (χ3v) is 4.95. The van der Waals surface area contributed by atoms with Gasteiger partial charge in [0.1, 0.15) is 5.65 Å². The molecule has 0 aliphatic rings. The van der Waals surface area contributed by atoms with Gasteiger partial charge in [-0.3, -0.25) is 0 Å². The van der Waals surface area contributed by atoms with E-state index in [0.717, 1.165) is 60.4 Å². The minimum atomic E-state index is 0.534. The number of nitrogens with one attached hydrogen (secondary N) is 2. The zero-order valence-electron chi connectivity index (χ0n) is 18.9. The Kier molecular flexibility index (Phi) is 8.15. The van der Waals surface area contributed by atoms with Crippen molar-refractivity contribution in [3.05, 3.63) is 59.5 Å². The first-order chi connectivity index (χ1) is 15.1. The predicted octanol–water partition coefficient (Wildman–Crippen LogP) is 3.74. The van der Waals surface area contributed by atoms with E-state index in [1.807, 2.05) is 25.1 Å². The van der Waals surface area contributed by atoms with Gasteiger partial charge in [-0.15, -0.1) is 0 Å². The molecule has 0 aliphatic heterocycles. The van der Waals surface area contributed by atoms with Gasteiger partial charge in [-0.1, -0.05) is 12.1 Å². The van der Waals surface area contributed by atoms with Crippen LogP contribution >= 0.6 is 0 Å². The van der Waals surface area contributed by atoms with Gasteiger partial charge in [0.05, 0.1) is 26.0 Å². The molecule has 3 rings (SSSR count). The van der Waals surface area contributed by atoms with Crippen molar-refractivity contribution in [3.8, 4) is 11.5 Å². The van der Waals surface area contributed by atoms with E-state index in [2.05, 4.69) is 58.3 Å². The van der Waals surface area contributed by atoms with Gasteiger partial charge in [0, 0.05) is 25.0 Å². The molecule has 1 aromatic carbocycles. The quantitative estimate of drug-likeness (QED) is 0.295. The second-order valence-corrected chi connectivity index (χ2v) is 7.27. The summed E-state index contributed by atoms with van der Waals surface area (Å²) in [4.78, 5) is 9.35. The number of hydrogen-bond acceptors (Lipinski definition) is 4. The molecule has 0 saturated carbocycles. The second-order valence-electron chi connectivity index (χ2n) is 7.27. The first-order valence-electron chi connectivity index (χ1n) is 10.9. The van der Waals surface area contributed by atoms with Crippen molar-refractivity contribution in [2.75, 3.05) is 26.8 Å². The average molecular weight is 424 g/mol. The van der Waals surface area contributed by atoms with E-state index in [9.17, 15) is 0 Å². The number of hydrogen-bond donors (Lipinski definition) is 2. The minimum Gasteiger partial charge on any atom is -0.493 e. The molecule has 31 heavy (non-hydrogen) atoms. The molecule has 0 spiro atoms. The number of pyridine rings is 1. The highest BCUT2D eigenvalue weighted by Crippen LogP contribution is 2.28. The Morgan fingerprint density at radius 2 is 2.00 bits per heavy atom. The van der Waals surface area contributed by atoms with Crippen molar-refractivity contribution in [1.82, 2.24) is 20.0 Å². The van der Waals surface area contributed by atoms with Crippen LogP contribution in [-0.2, 0) is 13.0 Å². The number of aryl methyl sites for hydroxylation is 2. The number of ether oxygens (including phenoxy) is 2. The number of guanidine groups is 1. The van der Waals surface area contributed by atoms with Crippen LogP contribution in [0, 0.1) is 6.92 Å². The Labute approximate surface area is 184 Å². The molecule has 2 heterocycles. The molecule has 0 fully saturated rings. The van der Waals surface area contributed by atoms with Gasteiger partial charge < -0.3 is 24.5 Å². The first kappa shape index (κ1) is 22.5. The average Bonchev–Trinajstić information content (AvgIpc) is 3.20. The Hall–Kier alpha value is -3.22. The minimum absolute atomic E-state index is 0.534. The summed E-state index contributed by atoms with van der Waals surface area (Å²) in [6.07, 6.45) is 3.98. The Balaban J connectivity index is 1.54. The summed E-state index contributed by atoms with van der Waals surface area (Å²) in [5.74, 6) is 2.38. The fourth-order valence-corrected chi connectivity index (χ4v) is 3.42. The van der Waals surface area contributed by atoms with Gasteiger partial charge in [-0.2, -0.15) is 0 Å². The van der Waals surface area contributed by atoms with Crippen molar-refractivity contribution in [3.63, 3.8) is 0 Å². The van der Waals surface area contributed by atoms with Crippen molar-refractivity contribution in [2.24, 2.45) is 4.99 Å². The Bertz CT molecular complexity index is 1010. The van der Waals surface area contributed by atoms with E-state index in [4.69, 9.17) is 14.5 Å². The largest absolute Gasteiger partial charge is 0.493 e. The fraction of sp³-hybridized carbons (Fsp3) is 0.417. The van der Waals surface area contributed by atoms with E-state index in [0.29, 0.717) is 13.2 Å². The smallest absolute Gasteiger partial charge is 0.191 e. The SMILES string of the molecule is CCNC(=NCc1cn2c(C)cccc2n1)NCCCc1ccc(OC)c(OCC)c1. The fourth-order valence-electron chi connectivity index (χ4n) is 3.42. The molecule has 0 radical (unpaired) electrons. The Morgan fingerprint density at radius 1 is 1.13 bits per heavy atom. The van der Waals surface area contributed by atoms with Gasteiger partial charge in [-0.05, 0) is 63.4 Å². The van der Waals surface area contributed by atoms with Gasteiger partial charge >= 0.3 is 0 Å². The maximum atomic E-state index is 5.67. The molecule has 7 heteroatoms. The van der Waals surface area contributed by atoms with Gasteiger partial charge in [0.2, 0.25) is 0 Å². The molecular formula is C24H33N5O2. The molecule has 0 amide bonds. The standard InChI is InChI=1S/C24H33N5O2/c1-5-25-24(27-16-20-17-29-18(3)9-7-11-23(29)28-20)26-14-8-10-19-12-13-21(30-4)22(15-19)31-6-2/h7,9,11-13,15,17H,5-6,8,10,14,16H2,1-4H3,(H2,25,26,27). The number of aliphatic imine (C=N–C) groups is 1. The maximum absolute atomic E-state index is 5.67. The number of fused-ring (bicyclic) bond motifs is 1. The summed E-state index contributed by atoms with van der Waals surface area (Å²) in [5, 5.41) is 6.72. The molecule has 2 aromatic heterocycles. The van der Waals surface area contributed by atoms with Gasteiger partial charge in [-0.25, -0.2) is 9.98 Å². The van der Waals surface area contributed by atoms with Gasteiger partial charge in [0.15, 0.2) is 17.5 Å². The normalized spacial score (nSPS) is 11.5. The van der Waals surface area contributed by atoms with Crippen LogP contribution in [0.3, 0.4) is 0 Å². The summed E-state index contributed by atoms with van der Waals surface area (Å²) in [6.45, 7) is 8.91. The van der Waals surface area contributed by atoms with Gasteiger partial charge in [0.25, 0.3) is 0 Å². The summed E-state index contributed by atoms with van der Waals surface area (Å²) in [6, 6.07) is 12.2. The first-order valence-corrected chi connectivity index (χ1v) is 10.9. The molecule has 3 aromatic rings. The lowest BCUT2D eigenvalue weighted by atomic mass is 10.1. The molecule has 166 valence electrons. The third kappa shape index (κ3) is 6.13. The van der Waals surface area contributed by atoms with Crippen molar-refractivity contribution in [2.45, 2.75) is 40.2 Å². The van der Waals surface area contributed by atoms with E-state index in [1.54, 1.807) is 7.11 Å². The predicted molar refractivity (Wildman–Crippen MR) is 125 cm³/mol. The van der Waals surface area contributed by atoms with Crippen molar-refractivity contribution < 1.29 is 9.47 Å². The summed E-state index contributed by atoms with van der Waals surface area (Å²) in [7, 11) is 1.66. The molecule has 2 N–H and O–H groups in total. The lowest BCUT2D eigenvalue weighted by Crippen LogP contribution is -2.37. The van der Waals surface area contributed by atoms with E-state index < -0.39 is 0 Å². The molecule has 0 atom stereocenters. The number of aromatic nitrogens is 2. The molecule has 0 saturated heterocycles. The molecule has 0 unspecified atom stereocenters. The third-order valence-electron chi connectivity index (χ3n) is 4.95. The lowest BCUT2D eigenvalue weighted by molar-refractivity contribution is 0.310. The van der Waals surface area contributed by atoms with Crippen LogP contribution in [0.5, 0.6) is 11.5 Å². The van der Waals surface area contributed by atoms with Crippen LogP contribution in [0.25, 0.3) is 5.65 Å². The number of benzene rings is 1. The highest BCUT2D eigenvalue weighted by atomic mass is 16.5. The number of methoxy groups -OCH3 is 1. The van der Waals surface area contributed by atoms with Crippen molar-refractivity contribution >= 4 is 11.6 Å². The zero-order chi connectivity index (χ0) is 22.1. The van der Waals surface area contributed by atoms with Crippen LogP contribution in [-0.4, -0.2) is 42.2 Å². The molecule has 0 bridgehead atoms. The van der Waals surface area contributed by atoms with Crippen LogP contribution in [0.1, 0.15) is 37.2 Å². The maximum Gasteiger partial charge on any atom is 0.191 e. The molecular weight excluding hydrogens is 390 g/mol. The number of rotatable bonds is 10. The molecule has 0 aliphatic carbocycles. The highest BCUT2D eigenvalue weighted by Gasteiger charge is 2.06. The molecule has 7 nitrogen and oxygen atoms in total. The zero-order valence-corrected chi connectivity index (χ0v) is 18.9. The second kappa shape index (κ2) is 11.2. The Morgan fingerprint density at radius 3 is 2.74 bits per heavy atom. The van der Waals surface area contributed by atoms with Crippen molar-refractivity contribution in [1.29, 1.82) is 0 Å². The van der Waals surface area contributed by atoms with E-state index >= 15 is 0 Å². The summed E-state index contributed by atoms with van der Waals surface area (Å²) in [5.41, 5.74) is 4.30. The topological polar surface area (TPSA) is 72.2 Å². The van der Waals surface area contributed by atoms with E-state index in [-0.39, 0.29) is 0 Å². The van der Waals surface area contributed by atoms with E-state index in [1.165, 1.54) is 5.56 Å². The highest BCUT2D eigenvalue weighted by molar-refractivity contribution is 5.79. The van der Waals surface area contributed by atoms with Crippen LogP contribution in [0.4, 0.5) is 0 Å². The number of imidazole rings is 1. The lowest BCUT2D eigenvalue weighted by Gasteiger charge is -2.12. The monoisotopic (exact) mass is 423 g/mol. The summed E-state index contributed by atoms with van der Waals surface area (Å²) < 4.78 is 13.1. The summed E-state index contributed by atoms with van der Waals surface area (Å²) >= 11 is 0. The number of nitrogens with zero attached hydrogens (tertiary/aromatic N) is 3. The van der Waals surface area contributed by atoms with Crippen LogP contribution in [0.15, 0.2) is 47.6 Å². The van der Waals surface area contributed by atoms with Crippen LogP contribution < -0.4 is 20.1 Å². The van der Waals surface area contributed by atoms with Crippen LogP contribution in [0.2, 0.25) is 0 Å².